The number of nitroso groups, excluding NO2 is 1. The molecule has 1 atom stereocenters. The number of nitrogens with one attached hydrogen (secondary N) is 3. The van der Waals surface area contributed by atoms with Gasteiger partial charge in [-0.05, 0) is 63.0 Å². The maximum absolute atomic E-state index is 11.4. The molecule has 0 radical (unpaired) electrons. The van der Waals surface area contributed by atoms with Gasteiger partial charge >= 0.3 is 13.0 Å². The Morgan fingerprint density at radius 3 is 2.50 bits per heavy atom. The molecule has 1 aliphatic carbocycles. The van der Waals surface area contributed by atoms with E-state index in [0.717, 1.165) is 63.4 Å². The molecule has 0 aromatic heterocycles. The molecular weight excluding hydrogens is 457 g/mol. The lowest BCUT2D eigenvalue weighted by molar-refractivity contribution is 0.0694. The van der Waals surface area contributed by atoms with Gasteiger partial charge in [0.25, 0.3) is 0 Å². The van der Waals surface area contributed by atoms with Crippen molar-refractivity contribution in [1.82, 2.24) is 20.9 Å². The number of likely N-dealkylation sites (N-methyl/N-ethyl adjacent to an activating group) is 1. The van der Waals surface area contributed by atoms with E-state index < -0.39 is 13.0 Å². The molecule has 1 unspecified atom stereocenters. The quantitative estimate of drug-likeness (QED) is 0.197. The molecule has 9 nitrogen and oxygen atoms in total. The third-order valence-corrected chi connectivity index (χ3v) is 7.13. The summed E-state index contributed by atoms with van der Waals surface area (Å²) in [6, 6.07) is 4.97. The number of likely N-dealkylation sites (tertiary alicyclic amines) is 1. The Kier molecular flexibility index (Phi) is 11.7. The molecule has 1 saturated heterocycles. The van der Waals surface area contributed by atoms with Crippen LogP contribution in [0.5, 0.6) is 5.75 Å². The summed E-state index contributed by atoms with van der Waals surface area (Å²) in [6.45, 7) is 13.1. The highest BCUT2D eigenvalue weighted by Crippen LogP contribution is 2.31. The van der Waals surface area contributed by atoms with Crippen LogP contribution in [0.1, 0.15) is 61.4 Å². The number of rotatable bonds is 12. The van der Waals surface area contributed by atoms with Gasteiger partial charge in [-0.2, -0.15) is 4.91 Å². The van der Waals surface area contributed by atoms with Crippen molar-refractivity contribution in [3.05, 3.63) is 46.5 Å². The van der Waals surface area contributed by atoms with Crippen molar-refractivity contribution < 1.29 is 14.6 Å². The number of carboxylic acid groups (broad SMARTS) is 1. The largest absolute Gasteiger partial charge is 0.570 e. The Labute approximate surface area is 215 Å². The summed E-state index contributed by atoms with van der Waals surface area (Å²) >= 11 is 0. The van der Waals surface area contributed by atoms with Crippen LogP contribution in [-0.4, -0.2) is 74.8 Å². The molecule has 2 heterocycles. The number of carbonyl (C=O) groups is 1. The second-order valence-electron chi connectivity index (χ2n) is 9.96. The van der Waals surface area contributed by atoms with E-state index in [9.17, 15) is 14.8 Å². The summed E-state index contributed by atoms with van der Waals surface area (Å²) in [5.74, 6) is -0.535. The van der Waals surface area contributed by atoms with E-state index in [1.54, 1.807) is 6.07 Å². The normalized spacial score (nSPS) is 19.7. The first-order valence-electron chi connectivity index (χ1n) is 13.4. The lowest BCUT2D eigenvalue weighted by Crippen LogP contribution is -2.51. The smallest absolute Gasteiger partial charge is 0.536 e. The van der Waals surface area contributed by atoms with Crippen molar-refractivity contribution in [2.24, 2.45) is 11.0 Å². The minimum absolute atomic E-state index is 0.0485. The number of nitrogens with zero attached hydrogens (tertiary/aromatic N) is 2. The Hall–Kier alpha value is -2.43. The number of para-hydroxylation sites is 1. The lowest BCUT2D eigenvalue weighted by atomic mass is 9.68. The number of aromatic carboxylic acids is 1. The first-order valence-corrected chi connectivity index (χ1v) is 13.4. The van der Waals surface area contributed by atoms with Gasteiger partial charge in [0.1, 0.15) is 5.75 Å². The monoisotopic (exact) mass is 499 g/mol. The SMILES string of the molecule is C1CCC1.C=C(CN1CCC(CNCCNCC)CC1)NC1Cc2cccc(C(=O)O)c2OB1N=O. The van der Waals surface area contributed by atoms with Crippen LogP contribution in [0.3, 0.4) is 0 Å². The third-order valence-electron chi connectivity index (χ3n) is 7.13. The van der Waals surface area contributed by atoms with E-state index >= 15 is 0 Å². The number of hydrogen-bond donors (Lipinski definition) is 4. The first-order chi connectivity index (χ1) is 17.5. The molecule has 0 bridgehead atoms. The molecule has 4 rings (SSSR count). The van der Waals surface area contributed by atoms with Gasteiger partial charge in [-0.15, -0.1) is 0 Å². The Morgan fingerprint density at radius 1 is 1.19 bits per heavy atom. The van der Waals surface area contributed by atoms with E-state index in [1.165, 1.54) is 31.7 Å². The minimum atomic E-state index is -1.08. The topological polar surface area (TPSA) is 115 Å². The zero-order chi connectivity index (χ0) is 25.8. The molecule has 2 aliphatic heterocycles. The van der Waals surface area contributed by atoms with Crippen LogP contribution in [0.4, 0.5) is 0 Å². The third kappa shape index (κ3) is 8.60. The van der Waals surface area contributed by atoms with Crippen molar-refractivity contribution >= 4 is 13.0 Å². The van der Waals surface area contributed by atoms with E-state index in [1.807, 2.05) is 6.07 Å². The Bertz CT molecular complexity index is 855. The summed E-state index contributed by atoms with van der Waals surface area (Å²) in [4.78, 5) is 25.2. The van der Waals surface area contributed by atoms with Gasteiger partial charge in [0.05, 0.1) is 11.5 Å². The van der Waals surface area contributed by atoms with Gasteiger partial charge in [0, 0.05) is 25.3 Å². The molecule has 36 heavy (non-hydrogen) atoms. The molecular formula is C26H42BN5O4. The number of carboxylic acids is 1. The molecule has 198 valence electrons. The van der Waals surface area contributed by atoms with Crippen molar-refractivity contribution in [2.75, 3.05) is 45.8 Å². The highest BCUT2D eigenvalue weighted by Gasteiger charge is 2.39. The van der Waals surface area contributed by atoms with E-state index in [2.05, 4.69) is 39.4 Å². The molecule has 10 heteroatoms. The minimum Gasteiger partial charge on any atom is -0.536 e. The first kappa shape index (κ1) is 28.2. The molecule has 1 saturated carbocycles. The van der Waals surface area contributed by atoms with Gasteiger partial charge < -0.3 is 25.7 Å². The van der Waals surface area contributed by atoms with Gasteiger partial charge in [-0.1, -0.05) is 56.4 Å². The molecule has 3 aliphatic rings. The van der Waals surface area contributed by atoms with Crippen LogP contribution in [0.2, 0.25) is 0 Å². The highest BCUT2D eigenvalue weighted by atomic mass is 16.5. The van der Waals surface area contributed by atoms with E-state index in [4.69, 9.17) is 4.65 Å². The highest BCUT2D eigenvalue weighted by molar-refractivity contribution is 6.53. The lowest BCUT2D eigenvalue weighted by Gasteiger charge is -2.34. The predicted octanol–water partition coefficient (Wildman–Crippen LogP) is 3.06. The number of piperidine rings is 1. The van der Waals surface area contributed by atoms with Crippen molar-refractivity contribution in [3.8, 4) is 5.75 Å². The molecule has 1 aromatic carbocycles. The fraction of sp³-hybridized carbons (Fsp3) is 0.654. The van der Waals surface area contributed by atoms with Gasteiger partial charge in [-0.25, -0.2) is 4.79 Å². The fourth-order valence-corrected chi connectivity index (χ4v) is 4.65. The molecule has 1 aromatic rings. The van der Waals surface area contributed by atoms with Gasteiger partial charge in [-0.3, -0.25) is 4.90 Å². The number of benzene rings is 1. The average molecular weight is 499 g/mol. The van der Waals surface area contributed by atoms with Crippen LogP contribution in [0, 0.1) is 10.8 Å². The van der Waals surface area contributed by atoms with Gasteiger partial charge in [0.2, 0.25) is 0 Å². The molecule has 0 amide bonds. The van der Waals surface area contributed by atoms with Crippen LogP contribution >= 0.6 is 0 Å². The Morgan fingerprint density at radius 2 is 1.89 bits per heavy atom. The maximum Gasteiger partial charge on any atom is 0.570 e. The van der Waals surface area contributed by atoms with Crippen molar-refractivity contribution in [1.29, 1.82) is 0 Å². The van der Waals surface area contributed by atoms with Crippen LogP contribution in [0.15, 0.2) is 35.6 Å². The van der Waals surface area contributed by atoms with Crippen molar-refractivity contribution in [2.45, 2.75) is 57.8 Å². The summed E-state index contributed by atoms with van der Waals surface area (Å²) in [5, 5.41) is 22.6. The standard InChI is InChI=1S/C22H34BN5O4.C4H8/c1-3-24-9-10-25-14-17-7-11-28(12-8-17)15-16(2)26-20-13-18-5-4-6-19(22(29)30)21(18)32-23(20)27-31;1-2-4-3-1/h4-6,17,20,24-26H,2-3,7-15H2,1H3,(H,29,30);1-4H2. The zero-order valence-corrected chi connectivity index (χ0v) is 21.6. The van der Waals surface area contributed by atoms with Crippen molar-refractivity contribution in [3.63, 3.8) is 0 Å². The fourth-order valence-electron chi connectivity index (χ4n) is 4.65. The second kappa shape index (κ2) is 15.0. The summed E-state index contributed by atoms with van der Waals surface area (Å²) in [6.07, 6.45) is 8.75. The molecule has 4 N–H and O–H groups in total. The van der Waals surface area contributed by atoms with E-state index in [-0.39, 0.29) is 17.3 Å². The molecule has 0 spiro atoms. The maximum atomic E-state index is 11.4. The number of fused-ring (bicyclic) bond motifs is 1. The molecule has 2 fully saturated rings. The summed E-state index contributed by atoms with van der Waals surface area (Å²) in [7, 11) is -1.00. The predicted molar refractivity (Wildman–Crippen MR) is 144 cm³/mol. The average Bonchev–Trinajstić information content (AvgIpc) is 2.83. The van der Waals surface area contributed by atoms with Crippen LogP contribution in [0.25, 0.3) is 0 Å². The van der Waals surface area contributed by atoms with Crippen LogP contribution < -0.4 is 20.6 Å². The van der Waals surface area contributed by atoms with E-state index in [0.29, 0.717) is 18.9 Å². The zero-order valence-electron chi connectivity index (χ0n) is 21.6. The van der Waals surface area contributed by atoms with Crippen LogP contribution in [-0.2, 0) is 6.42 Å². The Balaban J connectivity index is 0.000000819. The van der Waals surface area contributed by atoms with Gasteiger partial charge in [0.15, 0.2) is 0 Å². The number of hydrogen-bond acceptors (Lipinski definition) is 8. The summed E-state index contributed by atoms with van der Waals surface area (Å²) in [5.41, 5.74) is 1.61. The second-order valence-corrected chi connectivity index (χ2v) is 9.96. The summed E-state index contributed by atoms with van der Waals surface area (Å²) < 4.78 is 5.66.